The summed E-state index contributed by atoms with van der Waals surface area (Å²) in [4.78, 5) is 10.7. The summed E-state index contributed by atoms with van der Waals surface area (Å²) in [7, 11) is 0. The lowest BCUT2D eigenvalue weighted by molar-refractivity contribution is 0.112. The van der Waals surface area contributed by atoms with Crippen molar-refractivity contribution in [2.45, 2.75) is 6.92 Å². The smallest absolute Gasteiger partial charge is 0.153 e. The second-order valence-electron chi connectivity index (χ2n) is 3.30. The van der Waals surface area contributed by atoms with Crippen molar-refractivity contribution in [3.05, 3.63) is 45.7 Å². The zero-order valence-corrected chi connectivity index (χ0v) is 9.96. The third-order valence-corrected chi connectivity index (χ3v) is 2.84. The predicted molar refractivity (Wildman–Crippen MR) is 63.7 cm³/mol. The molecular weight excluding hydrogens is 247 g/mol. The quantitative estimate of drug-likeness (QED) is 0.771. The number of para-hydroxylation sites is 1. The van der Waals surface area contributed by atoms with E-state index in [1.807, 2.05) is 0 Å². The van der Waals surface area contributed by atoms with Crippen molar-refractivity contribution in [2.24, 2.45) is 0 Å². The highest BCUT2D eigenvalue weighted by molar-refractivity contribution is 6.37. The van der Waals surface area contributed by atoms with Crippen LogP contribution in [0.5, 0.6) is 0 Å². The van der Waals surface area contributed by atoms with Gasteiger partial charge in [0.05, 0.1) is 21.3 Å². The van der Waals surface area contributed by atoms with Gasteiger partial charge in [0.2, 0.25) is 0 Å². The van der Waals surface area contributed by atoms with Crippen LogP contribution >= 0.6 is 23.2 Å². The van der Waals surface area contributed by atoms with Gasteiger partial charge in [-0.3, -0.25) is 4.79 Å². The zero-order valence-electron chi connectivity index (χ0n) is 8.45. The first kappa shape index (κ1) is 11.2. The van der Waals surface area contributed by atoms with Crippen LogP contribution in [0, 0.1) is 6.92 Å². The van der Waals surface area contributed by atoms with Crippen LogP contribution in [0.15, 0.2) is 24.4 Å². The Morgan fingerprint density at radius 3 is 2.44 bits per heavy atom. The number of halogens is 2. The summed E-state index contributed by atoms with van der Waals surface area (Å²) in [5, 5.41) is 5.18. The fourth-order valence-electron chi connectivity index (χ4n) is 1.41. The minimum Gasteiger partial charge on any atom is -0.298 e. The number of aromatic nitrogens is 2. The third-order valence-electron chi connectivity index (χ3n) is 2.23. The van der Waals surface area contributed by atoms with Crippen LogP contribution in [-0.2, 0) is 0 Å². The molecule has 0 bridgehead atoms. The Balaban J connectivity index is 2.63. The van der Waals surface area contributed by atoms with Crippen molar-refractivity contribution in [2.75, 3.05) is 0 Å². The minimum atomic E-state index is 0.493. The highest BCUT2D eigenvalue weighted by Crippen LogP contribution is 2.28. The molecule has 5 heteroatoms. The van der Waals surface area contributed by atoms with E-state index in [2.05, 4.69) is 5.10 Å². The maximum absolute atomic E-state index is 10.7. The number of rotatable bonds is 2. The maximum atomic E-state index is 10.7. The van der Waals surface area contributed by atoms with Crippen LogP contribution in [0.25, 0.3) is 5.69 Å². The molecule has 0 spiro atoms. The summed E-state index contributed by atoms with van der Waals surface area (Å²) < 4.78 is 1.52. The van der Waals surface area contributed by atoms with E-state index in [-0.39, 0.29) is 0 Å². The van der Waals surface area contributed by atoms with Gasteiger partial charge in [-0.05, 0) is 19.1 Å². The Labute approximate surface area is 103 Å². The first-order valence-corrected chi connectivity index (χ1v) is 5.35. The largest absolute Gasteiger partial charge is 0.298 e. The van der Waals surface area contributed by atoms with Crippen LogP contribution < -0.4 is 0 Å². The lowest BCUT2D eigenvalue weighted by Gasteiger charge is -2.05. The fraction of sp³-hybridized carbons (Fsp3) is 0.0909. The standard InChI is InChI=1S/C11H8Cl2N2O/c1-7-8(6-16)5-15(14-7)11-9(12)3-2-4-10(11)13/h2-6H,1H3. The monoisotopic (exact) mass is 254 g/mol. The lowest BCUT2D eigenvalue weighted by atomic mass is 10.3. The Hall–Kier alpha value is -1.32. The molecule has 1 aromatic carbocycles. The van der Waals surface area contributed by atoms with E-state index >= 15 is 0 Å². The molecule has 0 aliphatic carbocycles. The summed E-state index contributed by atoms with van der Waals surface area (Å²) in [6.45, 7) is 1.75. The molecule has 0 unspecified atom stereocenters. The first-order valence-electron chi connectivity index (χ1n) is 4.59. The van der Waals surface area contributed by atoms with E-state index in [1.165, 1.54) is 4.68 Å². The summed E-state index contributed by atoms with van der Waals surface area (Å²) in [6.07, 6.45) is 2.36. The van der Waals surface area contributed by atoms with Crippen LogP contribution in [-0.4, -0.2) is 16.1 Å². The molecule has 0 saturated heterocycles. The number of hydrogen-bond donors (Lipinski definition) is 0. The number of hydrogen-bond acceptors (Lipinski definition) is 2. The average molecular weight is 255 g/mol. The SMILES string of the molecule is Cc1nn(-c2c(Cl)cccc2Cl)cc1C=O. The maximum Gasteiger partial charge on any atom is 0.153 e. The predicted octanol–water partition coefficient (Wildman–Crippen LogP) is 3.30. The van der Waals surface area contributed by atoms with E-state index in [0.29, 0.717) is 27.0 Å². The molecular formula is C11H8Cl2N2O. The van der Waals surface area contributed by atoms with Gasteiger partial charge < -0.3 is 0 Å². The summed E-state index contributed by atoms with van der Waals surface area (Å²) in [5.74, 6) is 0. The first-order chi connectivity index (χ1) is 7.63. The van der Waals surface area contributed by atoms with E-state index in [0.717, 1.165) is 6.29 Å². The van der Waals surface area contributed by atoms with Gasteiger partial charge in [-0.1, -0.05) is 29.3 Å². The molecule has 3 nitrogen and oxygen atoms in total. The zero-order chi connectivity index (χ0) is 11.7. The Morgan fingerprint density at radius 1 is 1.31 bits per heavy atom. The lowest BCUT2D eigenvalue weighted by Crippen LogP contribution is -1.96. The van der Waals surface area contributed by atoms with Gasteiger partial charge in [0, 0.05) is 6.20 Å². The van der Waals surface area contributed by atoms with Crippen LogP contribution in [0.1, 0.15) is 16.1 Å². The highest BCUT2D eigenvalue weighted by Gasteiger charge is 2.11. The van der Waals surface area contributed by atoms with Crippen molar-refractivity contribution in [3.8, 4) is 5.69 Å². The van der Waals surface area contributed by atoms with Crippen molar-refractivity contribution < 1.29 is 4.79 Å². The number of aldehydes is 1. The Kier molecular flexibility index (Phi) is 2.99. The number of nitrogens with zero attached hydrogens (tertiary/aromatic N) is 2. The van der Waals surface area contributed by atoms with Crippen molar-refractivity contribution in [1.29, 1.82) is 0 Å². The van der Waals surface area contributed by atoms with Gasteiger partial charge in [0.1, 0.15) is 5.69 Å². The fourth-order valence-corrected chi connectivity index (χ4v) is 1.98. The molecule has 1 heterocycles. The Bertz CT molecular complexity index is 529. The molecule has 0 amide bonds. The number of aryl methyl sites for hydroxylation is 1. The van der Waals surface area contributed by atoms with Gasteiger partial charge in [-0.25, -0.2) is 4.68 Å². The molecule has 2 rings (SSSR count). The normalized spacial score (nSPS) is 10.4. The van der Waals surface area contributed by atoms with Crippen molar-refractivity contribution >= 4 is 29.5 Å². The topological polar surface area (TPSA) is 34.9 Å². The molecule has 82 valence electrons. The van der Waals surface area contributed by atoms with Gasteiger partial charge in [-0.15, -0.1) is 0 Å². The van der Waals surface area contributed by atoms with E-state index in [9.17, 15) is 4.79 Å². The Morgan fingerprint density at radius 2 is 1.94 bits per heavy atom. The van der Waals surface area contributed by atoms with Crippen LogP contribution in [0.4, 0.5) is 0 Å². The van der Waals surface area contributed by atoms with Crippen molar-refractivity contribution in [1.82, 2.24) is 9.78 Å². The second kappa shape index (κ2) is 4.28. The molecule has 0 aliphatic heterocycles. The van der Waals surface area contributed by atoms with Gasteiger partial charge in [0.15, 0.2) is 6.29 Å². The summed E-state index contributed by atoms with van der Waals surface area (Å²) in [5.41, 5.74) is 1.75. The molecule has 0 N–H and O–H groups in total. The molecule has 0 atom stereocenters. The molecule has 0 fully saturated rings. The molecule has 0 radical (unpaired) electrons. The number of carbonyl (C=O) groups excluding carboxylic acids is 1. The second-order valence-corrected chi connectivity index (χ2v) is 4.12. The van der Waals surface area contributed by atoms with Gasteiger partial charge in [-0.2, -0.15) is 5.10 Å². The molecule has 0 saturated carbocycles. The van der Waals surface area contributed by atoms with E-state index in [1.54, 1.807) is 31.3 Å². The average Bonchev–Trinajstić information content (AvgIpc) is 2.59. The van der Waals surface area contributed by atoms with E-state index in [4.69, 9.17) is 23.2 Å². The van der Waals surface area contributed by atoms with Crippen molar-refractivity contribution in [3.63, 3.8) is 0 Å². The third kappa shape index (κ3) is 1.84. The van der Waals surface area contributed by atoms with Gasteiger partial charge >= 0.3 is 0 Å². The highest BCUT2D eigenvalue weighted by atomic mass is 35.5. The number of benzene rings is 1. The molecule has 16 heavy (non-hydrogen) atoms. The summed E-state index contributed by atoms with van der Waals surface area (Å²) in [6, 6.07) is 5.20. The molecule has 2 aromatic rings. The van der Waals surface area contributed by atoms with Gasteiger partial charge in [0.25, 0.3) is 0 Å². The summed E-state index contributed by atoms with van der Waals surface area (Å²) >= 11 is 12.1. The molecule has 1 aromatic heterocycles. The number of carbonyl (C=O) groups is 1. The van der Waals surface area contributed by atoms with Crippen LogP contribution in [0.2, 0.25) is 10.0 Å². The minimum absolute atomic E-state index is 0.493. The van der Waals surface area contributed by atoms with E-state index < -0.39 is 0 Å². The molecule has 0 aliphatic rings. The van der Waals surface area contributed by atoms with Crippen LogP contribution in [0.3, 0.4) is 0 Å².